The van der Waals surface area contributed by atoms with Gasteiger partial charge in [-0.1, -0.05) is 13.3 Å². The predicted octanol–water partition coefficient (Wildman–Crippen LogP) is 1.84. The normalized spacial score (nSPS) is 10.9. The van der Waals surface area contributed by atoms with Gasteiger partial charge in [0.2, 0.25) is 0 Å². The van der Waals surface area contributed by atoms with Crippen LogP contribution in [0.2, 0.25) is 0 Å². The van der Waals surface area contributed by atoms with Crippen LogP contribution in [0.3, 0.4) is 0 Å². The molecule has 0 unspecified atom stereocenters. The van der Waals surface area contributed by atoms with E-state index >= 15 is 0 Å². The van der Waals surface area contributed by atoms with E-state index in [2.05, 4.69) is 12.2 Å². The molecule has 0 bridgehead atoms. The first kappa shape index (κ1) is 16.8. The molecule has 0 spiro atoms. The van der Waals surface area contributed by atoms with Gasteiger partial charge in [0.05, 0.1) is 13.2 Å². The lowest BCUT2D eigenvalue weighted by Crippen LogP contribution is -2.19. The fourth-order valence-electron chi connectivity index (χ4n) is 1.32. The van der Waals surface area contributed by atoms with Gasteiger partial charge in [-0.3, -0.25) is 0 Å². The molecular weight excluding hydrogens is 218 g/mol. The van der Waals surface area contributed by atoms with Crippen LogP contribution in [0.25, 0.3) is 0 Å². The fourth-order valence-corrected chi connectivity index (χ4v) is 1.32. The predicted molar refractivity (Wildman–Crippen MR) is 70.5 cm³/mol. The van der Waals surface area contributed by atoms with Gasteiger partial charge >= 0.3 is 0 Å². The highest BCUT2D eigenvalue weighted by Gasteiger charge is 1.91. The molecule has 0 saturated heterocycles. The molecule has 4 nitrogen and oxygen atoms in total. The van der Waals surface area contributed by atoms with E-state index in [0.717, 1.165) is 45.8 Å². The van der Waals surface area contributed by atoms with E-state index in [9.17, 15) is 0 Å². The molecule has 0 heterocycles. The van der Waals surface area contributed by atoms with Crippen molar-refractivity contribution >= 4 is 0 Å². The summed E-state index contributed by atoms with van der Waals surface area (Å²) in [5, 5.41) is 3.38. The van der Waals surface area contributed by atoms with Gasteiger partial charge in [0.25, 0.3) is 0 Å². The molecule has 17 heavy (non-hydrogen) atoms. The molecule has 0 aromatic rings. The Labute approximate surface area is 106 Å². The fraction of sp³-hybridized carbons (Fsp3) is 1.00. The van der Waals surface area contributed by atoms with Crippen LogP contribution in [0.5, 0.6) is 0 Å². The number of nitrogens with one attached hydrogen (secondary N) is 1. The molecule has 0 aromatic carbocycles. The average Bonchev–Trinajstić information content (AvgIpc) is 2.35. The van der Waals surface area contributed by atoms with Crippen LogP contribution >= 0.6 is 0 Å². The minimum atomic E-state index is 0.683. The van der Waals surface area contributed by atoms with Gasteiger partial charge in [0.15, 0.2) is 0 Å². The lowest BCUT2D eigenvalue weighted by atomic mass is 10.3. The molecule has 0 aliphatic heterocycles. The van der Waals surface area contributed by atoms with Crippen molar-refractivity contribution in [3.05, 3.63) is 0 Å². The van der Waals surface area contributed by atoms with Gasteiger partial charge in [-0.25, -0.2) is 0 Å². The van der Waals surface area contributed by atoms with E-state index in [4.69, 9.17) is 14.2 Å². The maximum Gasteiger partial charge on any atom is 0.0700 e. The Kier molecular flexibility index (Phi) is 15.7. The summed E-state index contributed by atoms with van der Waals surface area (Å²) in [5.74, 6) is 0. The Morgan fingerprint density at radius 1 is 0.765 bits per heavy atom. The van der Waals surface area contributed by atoms with Gasteiger partial charge in [0.1, 0.15) is 0 Å². The average molecular weight is 247 g/mol. The molecule has 0 atom stereocenters. The third-order valence-electron chi connectivity index (χ3n) is 2.36. The van der Waals surface area contributed by atoms with E-state index in [1.165, 1.54) is 12.8 Å². The maximum absolute atomic E-state index is 5.47. The second-order valence-corrected chi connectivity index (χ2v) is 4.03. The van der Waals surface area contributed by atoms with Crippen LogP contribution in [0.4, 0.5) is 0 Å². The highest BCUT2D eigenvalue weighted by molar-refractivity contribution is 4.48. The Hall–Kier alpha value is -0.160. The molecule has 104 valence electrons. The Morgan fingerprint density at radius 2 is 1.35 bits per heavy atom. The lowest BCUT2D eigenvalue weighted by Gasteiger charge is -2.06. The van der Waals surface area contributed by atoms with Crippen molar-refractivity contribution in [2.24, 2.45) is 0 Å². The zero-order valence-corrected chi connectivity index (χ0v) is 11.5. The molecule has 0 aromatic heterocycles. The first-order chi connectivity index (χ1) is 8.41. The largest absolute Gasteiger partial charge is 0.382 e. The van der Waals surface area contributed by atoms with Gasteiger partial charge in [-0.05, 0) is 32.4 Å². The lowest BCUT2D eigenvalue weighted by molar-refractivity contribution is 0.0694. The van der Waals surface area contributed by atoms with E-state index in [0.29, 0.717) is 13.2 Å². The van der Waals surface area contributed by atoms with Gasteiger partial charge in [-0.15, -0.1) is 0 Å². The molecule has 0 fully saturated rings. The van der Waals surface area contributed by atoms with Crippen molar-refractivity contribution in [3.63, 3.8) is 0 Å². The van der Waals surface area contributed by atoms with Crippen molar-refractivity contribution in [2.45, 2.75) is 32.6 Å². The molecule has 0 rings (SSSR count). The van der Waals surface area contributed by atoms with Crippen LogP contribution in [0.15, 0.2) is 0 Å². The third-order valence-corrected chi connectivity index (χ3v) is 2.36. The molecule has 1 N–H and O–H groups in total. The summed E-state index contributed by atoms with van der Waals surface area (Å²) in [5.41, 5.74) is 0. The van der Waals surface area contributed by atoms with Crippen LogP contribution in [-0.4, -0.2) is 53.2 Å². The van der Waals surface area contributed by atoms with E-state index in [1.54, 1.807) is 7.11 Å². The summed E-state index contributed by atoms with van der Waals surface area (Å²) in [6, 6.07) is 0. The van der Waals surface area contributed by atoms with Gasteiger partial charge < -0.3 is 19.5 Å². The smallest absolute Gasteiger partial charge is 0.0700 e. The summed E-state index contributed by atoms with van der Waals surface area (Å²) < 4.78 is 15.7. The van der Waals surface area contributed by atoms with Crippen molar-refractivity contribution in [1.82, 2.24) is 5.32 Å². The third kappa shape index (κ3) is 15.8. The molecule has 4 heteroatoms. The minimum Gasteiger partial charge on any atom is -0.382 e. The minimum absolute atomic E-state index is 0.683. The number of hydrogen-bond donors (Lipinski definition) is 1. The molecule has 0 aliphatic rings. The summed E-state index contributed by atoms with van der Waals surface area (Å²) in [4.78, 5) is 0. The summed E-state index contributed by atoms with van der Waals surface area (Å²) in [6.45, 7) is 8.20. The van der Waals surface area contributed by atoms with Crippen LogP contribution in [-0.2, 0) is 14.2 Å². The maximum atomic E-state index is 5.47. The quantitative estimate of drug-likeness (QED) is 0.475. The van der Waals surface area contributed by atoms with Gasteiger partial charge in [0, 0.05) is 26.9 Å². The topological polar surface area (TPSA) is 39.7 Å². The van der Waals surface area contributed by atoms with Gasteiger partial charge in [-0.2, -0.15) is 0 Å². The first-order valence-corrected chi connectivity index (χ1v) is 6.77. The Bertz CT molecular complexity index is 120. The second kappa shape index (κ2) is 15.8. The summed E-state index contributed by atoms with van der Waals surface area (Å²) in [7, 11) is 1.69. The van der Waals surface area contributed by atoms with Crippen molar-refractivity contribution in [1.29, 1.82) is 0 Å². The second-order valence-electron chi connectivity index (χ2n) is 4.03. The van der Waals surface area contributed by atoms with E-state index < -0.39 is 0 Å². The monoisotopic (exact) mass is 247 g/mol. The molecule has 0 radical (unpaired) electrons. The van der Waals surface area contributed by atoms with Crippen LogP contribution in [0.1, 0.15) is 32.6 Å². The number of methoxy groups -OCH3 is 1. The van der Waals surface area contributed by atoms with Crippen LogP contribution in [0, 0.1) is 0 Å². The number of unbranched alkanes of at least 4 members (excludes halogenated alkanes) is 1. The zero-order chi connectivity index (χ0) is 12.6. The highest BCUT2D eigenvalue weighted by atomic mass is 16.5. The van der Waals surface area contributed by atoms with Crippen molar-refractivity contribution in [3.8, 4) is 0 Å². The highest BCUT2D eigenvalue weighted by Crippen LogP contribution is 1.89. The Morgan fingerprint density at radius 3 is 1.94 bits per heavy atom. The molecule has 0 aliphatic carbocycles. The zero-order valence-electron chi connectivity index (χ0n) is 11.5. The van der Waals surface area contributed by atoms with Crippen molar-refractivity contribution < 1.29 is 14.2 Å². The number of rotatable bonds is 14. The summed E-state index contributed by atoms with van der Waals surface area (Å²) in [6.07, 6.45) is 4.53. The SMILES string of the molecule is CCCCOCCCNCCCOCCOC. The number of ether oxygens (including phenoxy) is 3. The standard InChI is InChI=1S/C13H29NO3/c1-3-4-9-16-10-5-7-14-8-6-11-17-13-12-15-2/h14H,3-13H2,1-2H3. The van der Waals surface area contributed by atoms with E-state index in [1.807, 2.05) is 0 Å². The molecular formula is C13H29NO3. The van der Waals surface area contributed by atoms with Crippen molar-refractivity contribution in [2.75, 3.05) is 53.2 Å². The molecule has 0 amide bonds. The van der Waals surface area contributed by atoms with E-state index in [-0.39, 0.29) is 0 Å². The molecule has 0 saturated carbocycles. The number of hydrogen-bond acceptors (Lipinski definition) is 4. The Balaban J connectivity index is 2.85. The summed E-state index contributed by atoms with van der Waals surface area (Å²) >= 11 is 0. The van der Waals surface area contributed by atoms with Crippen LogP contribution < -0.4 is 5.32 Å². The first-order valence-electron chi connectivity index (χ1n) is 6.77.